The molecule has 0 aliphatic carbocycles. The molecule has 33 heavy (non-hydrogen) atoms. The predicted octanol–water partition coefficient (Wildman–Crippen LogP) is 4.58. The van der Waals surface area contributed by atoms with E-state index in [1.54, 1.807) is 47.0 Å². The lowest BCUT2D eigenvalue weighted by Gasteiger charge is -2.08. The highest BCUT2D eigenvalue weighted by Gasteiger charge is 2.17. The molecule has 0 radical (unpaired) electrons. The van der Waals surface area contributed by atoms with Crippen molar-refractivity contribution in [3.8, 4) is 11.1 Å². The molecule has 4 rings (SSSR count). The summed E-state index contributed by atoms with van der Waals surface area (Å²) < 4.78 is 73.6. The van der Waals surface area contributed by atoms with Crippen molar-refractivity contribution in [2.24, 2.45) is 7.05 Å². The Bertz CT molecular complexity index is 1430. The smallest absolute Gasteiger partial charge is 0.264 e. The van der Waals surface area contributed by atoms with Gasteiger partial charge in [-0.3, -0.25) is 8.86 Å². The molecule has 6 nitrogen and oxygen atoms in total. The van der Waals surface area contributed by atoms with Crippen LogP contribution < -0.4 is 0 Å². The van der Waals surface area contributed by atoms with Crippen LogP contribution in [0.5, 0.6) is 0 Å². The van der Waals surface area contributed by atoms with Gasteiger partial charge in [-0.25, -0.2) is 13.2 Å². The Kier molecular flexibility index (Phi) is 6.55. The van der Waals surface area contributed by atoms with Gasteiger partial charge in [0.25, 0.3) is 10.1 Å². The van der Waals surface area contributed by atoms with E-state index in [9.17, 15) is 21.6 Å². The third kappa shape index (κ3) is 5.43. The first-order valence-corrected chi connectivity index (χ1v) is 12.6. The second kappa shape index (κ2) is 9.24. The number of thioether (sulfide) groups is 1. The van der Waals surface area contributed by atoms with Gasteiger partial charge in [0.05, 0.1) is 31.1 Å². The Morgan fingerprint density at radius 3 is 2.52 bits per heavy atom. The lowest BCUT2D eigenvalue weighted by molar-refractivity contribution is 0.345. The molecule has 2 aromatic heterocycles. The first-order chi connectivity index (χ1) is 15.6. The summed E-state index contributed by atoms with van der Waals surface area (Å²) in [6, 6.07) is 6.77. The number of nitrogens with zero attached hydrogens (tertiary/aromatic N) is 3. The van der Waals surface area contributed by atoms with Crippen molar-refractivity contribution in [2.75, 3.05) is 18.6 Å². The van der Waals surface area contributed by atoms with Gasteiger partial charge in [-0.05, 0) is 17.7 Å². The third-order valence-corrected chi connectivity index (χ3v) is 6.52. The first kappa shape index (κ1) is 23.4. The van der Waals surface area contributed by atoms with E-state index in [2.05, 4.69) is 5.10 Å². The number of aryl methyl sites for hydroxylation is 1. The third-order valence-electron chi connectivity index (χ3n) is 4.93. The summed E-state index contributed by atoms with van der Waals surface area (Å²) in [6.45, 7) is -0.0393. The summed E-state index contributed by atoms with van der Waals surface area (Å²) in [7, 11) is -1.82. The van der Waals surface area contributed by atoms with Crippen molar-refractivity contribution in [3.63, 3.8) is 0 Å². The van der Waals surface area contributed by atoms with E-state index in [0.717, 1.165) is 17.9 Å². The van der Waals surface area contributed by atoms with Gasteiger partial charge in [0.1, 0.15) is 17.5 Å². The molecule has 11 heteroatoms. The van der Waals surface area contributed by atoms with E-state index in [-0.39, 0.29) is 29.8 Å². The van der Waals surface area contributed by atoms with E-state index in [1.807, 2.05) is 0 Å². The standard InChI is InChI=1S/C22H20F3N3O3S2/c1-27-11-16(10-26-27)14-3-4-15(18(24)7-14)12-28-13-21(32-6-5-31-33(2,29)30)22-19(25)8-17(23)9-20(22)28/h3-4,7-11,13H,5-6,12H2,1-2H3. The molecule has 0 spiro atoms. The van der Waals surface area contributed by atoms with Crippen LogP contribution >= 0.6 is 11.8 Å². The molecule has 0 aliphatic rings. The van der Waals surface area contributed by atoms with Crippen molar-refractivity contribution in [2.45, 2.75) is 11.4 Å². The number of halogens is 3. The maximum Gasteiger partial charge on any atom is 0.264 e. The molecule has 0 atom stereocenters. The summed E-state index contributed by atoms with van der Waals surface area (Å²) in [5.74, 6) is -1.71. The van der Waals surface area contributed by atoms with Crippen LogP contribution in [0.2, 0.25) is 0 Å². The monoisotopic (exact) mass is 495 g/mol. The summed E-state index contributed by atoms with van der Waals surface area (Å²) >= 11 is 1.17. The molecule has 0 saturated carbocycles. The number of aromatic nitrogens is 3. The highest BCUT2D eigenvalue weighted by atomic mass is 32.2. The quantitative estimate of drug-likeness (QED) is 0.203. The van der Waals surface area contributed by atoms with Crippen molar-refractivity contribution < 1.29 is 25.8 Å². The van der Waals surface area contributed by atoms with E-state index >= 15 is 0 Å². The molecule has 4 aromatic rings. The van der Waals surface area contributed by atoms with Crippen LogP contribution in [0.15, 0.2) is 53.8 Å². The minimum atomic E-state index is -3.59. The first-order valence-electron chi connectivity index (χ1n) is 9.83. The molecular weight excluding hydrogens is 475 g/mol. The molecule has 0 aliphatic heterocycles. The summed E-state index contributed by atoms with van der Waals surface area (Å²) in [6.07, 6.45) is 5.96. The molecular formula is C22H20F3N3O3S2. The van der Waals surface area contributed by atoms with E-state index < -0.39 is 27.6 Å². The van der Waals surface area contributed by atoms with Crippen LogP contribution in [0.3, 0.4) is 0 Å². The van der Waals surface area contributed by atoms with Crippen molar-refractivity contribution >= 4 is 32.8 Å². The van der Waals surface area contributed by atoms with E-state index in [1.165, 1.54) is 23.9 Å². The van der Waals surface area contributed by atoms with Gasteiger partial charge in [0.15, 0.2) is 0 Å². The highest BCUT2D eigenvalue weighted by Crippen LogP contribution is 2.34. The van der Waals surface area contributed by atoms with Gasteiger partial charge in [-0.15, -0.1) is 11.8 Å². The fraction of sp³-hybridized carbons (Fsp3) is 0.227. The highest BCUT2D eigenvalue weighted by molar-refractivity contribution is 7.99. The van der Waals surface area contributed by atoms with Gasteiger partial charge < -0.3 is 4.57 Å². The molecule has 0 N–H and O–H groups in total. The SMILES string of the molecule is Cn1cc(-c2ccc(Cn3cc(SCCOS(C)(=O)=O)c4c(F)cc(F)cc43)c(F)c2)cn1. The van der Waals surface area contributed by atoms with Gasteiger partial charge in [0, 0.05) is 52.7 Å². The maximum atomic E-state index is 14.9. The van der Waals surface area contributed by atoms with Gasteiger partial charge in [0.2, 0.25) is 0 Å². The average Bonchev–Trinajstić information content (AvgIpc) is 3.30. The number of hydrogen-bond donors (Lipinski definition) is 0. The van der Waals surface area contributed by atoms with Crippen molar-refractivity contribution in [1.82, 2.24) is 14.3 Å². The summed E-state index contributed by atoms with van der Waals surface area (Å²) in [5.41, 5.74) is 2.06. The number of benzene rings is 2. The minimum absolute atomic E-state index is 0.0545. The molecule has 0 unspecified atom stereocenters. The van der Waals surface area contributed by atoms with Crippen LogP contribution in [-0.2, 0) is 27.9 Å². The Hall–Kier alpha value is -2.76. The van der Waals surface area contributed by atoms with Gasteiger partial charge >= 0.3 is 0 Å². The van der Waals surface area contributed by atoms with E-state index in [4.69, 9.17) is 4.18 Å². The fourth-order valence-corrected chi connectivity index (χ4v) is 4.92. The Labute approximate surface area is 193 Å². The second-order valence-electron chi connectivity index (χ2n) is 7.49. The van der Waals surface area contributed by atoms with Crippen molar-refractivity contribution in [3.05, 3.63) is 71.9 Å². The number of fused-ring (bicyclic) bond motifs is 1. The van der Waals surface area contributed by atoms with Crippen LogP contribution in [0, 0.1) is 17.5 Å². The zero-order valence-electron chi connectivity index (χ0n) is 17.8. The zero-order valence-corrected chi connectivity index (χ0v) is 19.4. The Balaban J connectivity index is 1.63. The Morgan fingerprint density at radius 1 is 1.06 bits per heavy atom. The predicted molar refractivity (Wildman–Crippen MR) is 121 cm³/mol. The molecule has 0 fully saturated rings. The lowest BCUT2D eigenvalue weighted by atomic mass is 10.1. The molecule has 2 aromatic carbocycles. The number of hydrogen-bond acceptors (Lipinski definition) is 5. The average molecular weight is 496 g/mol. The topological polar surface area (TPSA) is 66.1 Å². The van der Waals surface area contributed by atoms with Crippen LogP contribution in [0.25, 0.3) is 22.0 Å². The fourth-order valence-electron chi connectivity index (χ4n) is 3.49. The molecule has 2 heterocycles. The van der Waals surface area contributed by atoms with Crippen molar-refractivity contribution in [1.29, 1.82) is 0 Å². The summed E-state index contributed by atoms with van der Waals surface area (Å²) in [4.78, 5) is 0.479. The summed E-state index contributed by atoms with van der Waals surface area (Å²) in [5, 5.41) is 4.27. The van der Waals surface area contributed by atoms with Crippen LogP contribution in [0.1, 0.15) is 5.56 Å². The normalized spacial score (nSPS) is 12.0. The van der Waals surface area contributed by atoms with Gasteiger partial charge in [-0.2, -0.15) is 13.5 Å². The molecule has 174 valence electrons. The molecule has 0 amide bonds. The van der Waals surface area contributed by atoms with Crippen LogP contribution in [0.4, 0.5) is 13.2 Å². The molecule has 0 saturated heterocycles. The largest absolute Gasteiger partial charge is 0.342 e. The molecule has 0 bridgehead atoms. The maximum absolute atomic E-state index is 14.9. The Morgan fingerprint density at radius 2 is 1.85 bits per heavy atom. The zero-order chi connectivity index (χ0) is 23.8. The van der Waals surface area contributed by atoms with Gasteiger partial charge in [-0.1, -0.05) is 12.1 Å². The van der Waals surface area contributed by atoms with E-state index in [0.29, 0.717) is 16.0 Å². The lowest BCUT2D eigenvalue weighted by Crippen LogP contribution is -2.05. The van der Waals surface area contributed by atoms with Crippen LogP contribution in [-0.4, -0.2) is 41.4 Å². The minimum Gasteiger partial charge on any atom is -0.342 e. The second-order valence-corrected chi connectivity index (χ2v) is 10.3. The number of rotatable bonds is 8.